The Kier molecular flexibility index (Phi) is 5.94. The fourth-order valence-corrected chi connectivity index (χ4v) is 2.30. The van der Waals surface area contributed by atoms with Crippen molar-refractivity contribution >= 4 is 5.91 Å². The van der Waals surface area contributed by atoms with Gasteiger partial charge in [-0.15, -0.1) is 0 Å². The van der Waals surface area contributed by atoms with Gasteiger partial charge in [0, 0.05) is 18.7 Å². The molecular weight excluding hydrogens is 288 g/mol. The van der Waals surface area contributed by atoms with Gasteiger partial charge < -0.3 is 10.5 Å². The minimum Gasteiger partial charge on any atom is -0.490 e. The number of nitrogens with zero attached hydrogens (tertiary/aromatic N) is 1. The highest BCUT2D eigenvalue weighted by atomic mass is 16.5. The summed E-state index contributed by atoms with van der Waals surface area (Å²) in [7, 11) is 2.06. The molecule has 23 heavy (non-hydrogen) atoms. The van der Waals surface area contributed by atoms with E-state index in [-0.39, 0.29) is 0 Å². The summed E-state index contributed by atoms with van der Waals surface area (Å²) in [5.41, 5.74) is 8.14. The number of rotatable bonds is 8. The zero-order chi connectivity index (χ0) is 16.7. The number of nitrogens with two attached hydrogens (primary N) is 1. The molecule has 4 nitrogen and oxygen atoms in total. The van der Waals surface area contributed by atoms with Gasteiger partial charge in [-0.25, -0.2) is 0 Å². The summed E-state index contributed by atoms with van der Waals surface area (Å²) in [5, 5.41) is 0. The zero-order valence-electron chi connectivity index (χ0n) is 13.4. The number of hydrogen-bond donors (Lipinski definition) is 1. The van der Waals surface area contributed by atoms with Gasteiger partial charge in [0.25, 0.3) is 0 Å². The first-order valence-corrected chi connectivity index (χ1v) is 7.48. The van der Waals surface area contributed by atoms with Crippen LogP contribution in [0.4, 0.5) is 0 Å². The molecule has 0 unspecified atom stereocenters. The standard InChI is InChI=1S/C19H22N2O2/c1-3-12-23-18-10-6-16(7-11-18)14-21(2)13-15-4-8-17(9-5-15)19(20)22/h3-11H,1,12-14H2,2H3,(H2,20,22). The van der Waals surface area contributed by atoms with Crippen LogP contribution in [0.25, 0.3) is 0 Å². The second-order valence-corrected chi connectivity index (χ2v) is 5.48. The lowest BCUT2D eigenvalue weighted by Crippen LogP contribution is -2.17. The number of benzene rings is 2. The molecule has 0 atom stereocenters. The predicted molar refractivity (Wildman–Crippen MR) is 92.3 cm³/mol. The maximum Gasteiger partial charge on any atom is 0.248 e. The van der Waals surface area contributed by atoms with Crippen molar-refractivity contribution < 1.29 is 9.53 Å². The first kappa shape index (κ1) is 16.8. The van der Waals surface area contributed by atoms with E-state index in [1.807, 2.05) is 24.3 Å². The molecule has 2 aromatic rings. The van der Waals surface area contributed by atoms with Gasteiger partial charge in [0.1, 0.15) is 12.4 Å². The highest BCUT2D eigenvalue weighted by Crippen LogP contribution is 2.14. The molecule has 0 radical (unpaired) electrons. The summed E-state index contributed by atoms with van der Waals surface area (Å²) < 4.78 is 5.47. The molecule has 0 aliphatic carbocycles. The van der Waals surface area contributed by atoms with Crippen LogP contribution >= 0.6 is 0 Å². The Hall–Kier alpha value is -2.59. The van der Waals surface area contributed by atoms with Gasteiger partial charge in [-0.3, -0.25) is 9.69 Å². The fourth-order valence-electron chi connectivity index (χ4n) is 2.30. The Bertz CT molecular complexity index is 648. The summed E-state index contributed by atoms with van der Waals surface area (Å²) >= 11 is 0. The lowest BCUT2D eigenvalue weighted by molar-refractivity contribution is 0.100. The van der Waals surface area contributed by atoms with Gasteiger partial charge in [0.05, 0.1) is 0 Å². The topological polar surface area (TPSA) is 55.6 Å². The molecule has 0 aliphatic rings. The van der Waals surface area contributed by atoms with Crippen LogP contribution in [0.3, 0.4) is 0 Å². The Morgan fingerprint density at radius 2 is 1.61 bits per heavy atom. The van der Waals surface area contributed by atoms with E-state index in [2.05, 4.69) is 30.7 Å². The maximum atomic E-state index is 11.1. The molecule has 0 heterocycles. The van der Waals surface area contributed by atoms with E-state index < -0.39 is 5.91 Å². The normalized spacial score (nSPS) is 10.5. The molecule has 0 aliphatic heterocycles. The minimum atomic E-state index is -0.399. The van der Waals surface area contributed by atoms with Crippen LogP contribution in [0.2, 0.25) is 0 Å². The summed E-state index contributed by atoms with van der Waals surface area (Å²) in [6.07, 6.45) is 1.73. The summed E-state index contributed by atoms with van der Waals surface area (Å²) in [6, 6.07) is 15.4. The molecular formula is C19H22N2O2. The Balaban J connectivity index is 1.89. The molecule has 1 amide bonds. The van der Waals surface area contributed by atoms with Gasteiger partial charge in [-0.2, -0.15) is 0 Å². The molecule has 2 N–H and O–H groups in total. The van der Waals surface area contributed by atoms with E-state index in [9.17, 15) is 4.79 Å². The second-order valence-electron chi connectivity index (χ2n) is 5.48. The van der Waals surface area contributed by atoms with Crippen molar-refractivity contribution in [2.75, 3.05) is 13.7 Å². The van der Waals surface area contributed by atoms with Crippen LogP contribution in [-0.2, 0) is 13.1 Å². The van der Waals surface area contributed by atoms with Crippen LogP contribution in [-0.4, -0.2) is 24.5 Å². The molecule has 0 saturated carbocycles. The molecule has 4 heteroatoms. The van der Waals surface area contributed by atoms with Gasteiger partial charge in [-0.05, 0) is 42.4 Å². The van der Waals surface area contributed by atoms with E-state index in [1.165, 1.54) is 5.56 Å². The molecule has 2 aromatic carbocycles. The van der Waals surface area contributed by atoms with Crippen LogP contribution in [0, 0.1) is 0 Å². The number of carbonyl (C=O) groups excluding carboxylic acids is 1. The minimum absolute atomic E-state index is 0.399. The number of amides is 1. The van der Waals surface area contributed by atoms with Crippen molar-refractivity contribution in [3.63, 3.8) is 0 Å². The highest BCUT2D eigenvalue weighted by Gasteiger charge is 2.04. The third kappa shape index (κ3) is 5.27. The van der Waals surface area contributed by atoms with E-state index in [1.54, 1.807) is 18.2 Å². The van der Waals surface area contributed by atoms with Crippen LogP contribution in [0.15, 0.2) is 61.2 Å². The van der Waals surface area contributed by atoms with E-state index in [0.29, 0.717) is 12.2 Å². The zero-order valence-corrected chi connectivity index (χ0v) is 13.4. The lowest BCUT2D eigenvalue weighted by Gasteiger charge is -2.17. The van der Waals surface area contributed by atoms with E-state index in [0.717, 1.165) is 24.4 Å². The van der Waals surface area contributed by atoms with Gasteiger partial charge in [0.2, 0.25) is 5.91 Å². The quantitative estimate of drug-likeness (QED) is 0.763. The van der Waals surface area contributed by atoms with Crippen molar-refractivity contribution in [2.24, 2.45) is 5.73 Å². The molecule has 0 saturated heterocycles. The van der Waals surface area contributed by atoms with Crippen molar-refractivity contribution in [3.8, 4) is 5.75 Å². The highest BCUT2D eigenvalue weighted by molar-refractivity contribution is 5.92. The van der Waals surface area contributed by atoms with Crippen molar-refractivity contribution in [1.82, 2.24) is 4.90 Å². The van der Waals surface area contributed by atoms with Crippen molar-refractivity contribution in [3.05, 3.63) is 77.9 Å². The Morgan fingerprint density at radius 3 is 2.09 bits per heavy atom. The van der Waals surface area contributed by atoms with E-state index >= 15 is 0 Å². The number of primary amides is 1. The van der Waals surface area contributed by atoms with Gasteiger partial charge >= 0.3 is 0 Å². The largest absolute Gasteiger partial charge is 0.490 e. The lowest BCUT2D eigenvalue weighted by atomic mass is 10.1. The first-order valence-electron chi connectivity index (χ1n) is 7.48. The van der Waals surface area contributed by atoms with Gasteiger partial charge in [0.15, 0.2) is 0 Å². The van der Waals surface area contributed by atoms with Crippen LogP contribution in [0.1, 0.15) is 21.5 Å². The SMILES string of the molecule is C=CCOc1ccc(CN(C)Cc2ccc(C(N)=O)cc2)cc1. The molecule has 0 aromatic heterocycles. The molecule has 0 spiro atoms. The molecule has 2 rings (SSSR count). The average molecular weight is 310 g/mol. The fraction of sp³-hybridized carbons (Fsp3) is 0.211. The van der Waals surface area contributed by atoms with Gasteiger partial charge in [-0.1, -0.05) is 36.9 Å². The van der Waals surface area contributed by atoms with E-state index in [4.69, 9.17) is 10.5 Å². The third-order valence-electron chi connectivity index (χ3n) is 3.43. The summed E-state index contributed by atoms with van der Waals surface area (Å²) in [4.78, 5) is 13.3. The van der Waals surface area contributed by atoms with Crippen LogP contribution in [0.5, 0.6) is 5.75 Å². The summed E-state index contributed by atoms with van der Waals surface area (Å²) in [5.74, 6) is 0.446. The molecule has 0 fully saturated rings. The Labute approximate surface area is 137 Å². The molecule has 120 valence electrons. The first-order chi connectivity index (χ1) is 11.1. The smallest absolute Gasteiger partial charge is 0.248 e. The predicted octanol–water partition coefficient (Wildman–Crippen LogP) is 2.98. The van der Waals surface area contributed by atoms with Crippen LogP contribution < -0.4 is 10.5 Å². The third-order valence-corrected chi connectivity index (χ3v) is 3.43. The maximum absolute atomic E-state index is 11.1. The second kappa shape index (κ2) is 8.15. The van der Waals surface area contributed by atoms with Crippen molar-refractivity contribution in [1.29, 1.82) is 0 Å². The number of carbonyl (C=O) groups is 1. The number of ether oxygens (including phenoxy) is 1. The van der Waals surface area contributed by atoms with Crippen molar-refractivity contribution in [2.45, 2.75) is 13.1 Å². The Morgan fingerprint density at radius 1 is 1.09 bits per heavy atom. The monoisotopic (exact) mass is 310 g/mol. The average Bonchev–Trinajstić information content (AvgIpc) is 2.54. The summed E-state index contributed by atoms with van der Waals surface area (Å²) in [6.45, 7) is 5.78. The molecule has 0 bridgehead atoms. The number of hydrogen-bond acceptors (Lipinski definition) is 3.